The van der Waals surface area contributed by atoms with Crippen LogP contribution in [0.3, 0.4) is 0 Å². The Bertz CT molecular complexity index is 498. The molecule has 86 valence electrons. The van der Waals surface area contributed by atoms with Gasteiger partial charge in [0.1, 0.15) is 0 Å². The first-order valence-corrected chi connectivity index (χ1v) is 5.97. The van der Waals surface area contributed by atoms with E-state index >= 15 is 0 Å². The predicted octanol–water partition coefficient (Wildman–Crippen LogP) is 1.49. The van der Waals surface area contributed by atoms with Crippen LogP contribution in [0.15, 0.2) is 20.9 Å². The average Bonchev–Trinajstić information content (AvgIpc) is 2.74. The summed E-state index contributed by atoms with van der Waals surface area (Å²) in [4.78, 5) is 23.5. The van der Waals surface area contributed by atoms with Crippen LogP contribution in [0.5, 0.6) is 0 Å². The number of aromatic amines is 1. The highest BCUT2D eigenvalue weighted by Gasteiger charge is 2.18. The van der Waals surface area contributed by atoms with Gasteiger partial charge in [0.25, 0.3) is 0 Å². The van der Waals surface area contributed by atoms with Crippen LogP contribution in [0.4, 0.5) is 0 Å². The molecule has 1 aliphatic rings. The van der Waals surface area contributed by atoms with Gasteiger partial charge < -0.3 is 0 Å². The summed E-state index contributed by atoms with van der Waals surface area (Å²) in [6.45, 7) is 3.85. The molecule has 1 N–H and O–H groups in total. The second-order valence-electron chi connectivity index (χ2n) is 3.95. The zero-order valence-corrected chi connectivity index (χ0v) is 10.0. The lowest BCUT2D eigenvalue weighted by Crippen LogP contribution is -2.19. The molecule has 0 bridgehead atoms. The fraction of sp³-hybridized carbons (Fsp3) is 0.500. The van der Waals surface area contributed by atoms with Gasteiger partial charge in [-0.05, 0) is 31.2 Å². The zero-order chi connectivity index (χ0) is 11.7. The van der Waals surface area contributed by atoms with Crippen molar-refractivity contribution in [2.45, 2.75) is 37.9 Å². The Kier molecular flexibility index (Phi) is 3.00. The first kappa shape index (κ1) is 11.2. The highest BCUT2D eigenvalue weighted by Crippen LogP contribution is 2.32. The molecule has 0 spiro atoms. The molecule has 1 aromatic rings. The molecule has 0 saturated heterocycles. The van der Waals surface area contributed by atoms with Crippen molar-refractivity contribution in [3.63, 3.8) is 0 Å². The van der Waals surface area contributed by atoms with Crippen molar-refractivity contribution in [2.24, 2.45) is 0 Å². The van der Waals surface area contributed by atoms with E-state index in [0.29, 0.717) is 11.6 Å². The maximum atomic E-state index is 11.5. The molecule has 0 unspecified atom stereocenters. The van der Waals surface area contributed by atoms with Gasteiger partial charge >= 0.3 is 5.69 Å². The summed E-state index contributed by atoms with van der Waals surface area (Å²) < 4.78 is 1.59. The number of aromatic nitrogens is 3. The molecule has 1 heterocycles. The SMILES string of the molecule is CC(C)n1c(SC2=CC(=O)CC2)n[nH]c1=O. The van der Waals surface area contributed by atoms with Crippen molar-refractivity contribution in [1.29, 1.82) is 0 Å². The maximum absolute atomic E-state index is 11.5. The van der Waals surface area contributed by atoms with Crippen molar-refractivity contribution < 1.29 is 4.79 Å². The van der Waals surface area contributed by atoms with Gasteiger partial charge in [-0.15, -0.1) is 5.10 Å². The topological polar surface area (TPSA) is 67.8 Å². The van der Waals surface area contributed by atoms with Gasteiger partial charge in [0.15, 0.2) is 10.9 Å². The predicted molar refractivity (Wildman–Crippen MR) is 61.4 cm³/mol. The smallest absolute Gasteiger partial charge is 0.295 e. The number of rotatable bonds is 3. The van der Waals surface area contributed by atoms with Crippen LogP contribution in [-0.2, 0) is 4.79 Å². The number of nitrogens with one attached hydrogen (secondary N) is 1. The molecule has 2 rings (SSSR count). The number of nitrogens with zero attached hydrogens (tertiary/aromatic N) is 2. The third-order valence-corrected chi connectivity index (χ3v) is 3.41. The van der Waals surface area contributed by atoms with Gasteiger partial charge in [0, 0.05) is 12.5 Å². The lowest BCUT2D eigenvalue weighted by Gasteiger charge is -2.08. The number of thioether (sulfide) groups is 1. The highest BCUT2D eigenvalue weighted by molar-refractivity contribution is 8.03. The number of allylic oxidation sites excluding steroid dienone is 2. The van der Waals surface area contributed by atoms with E-state index in [2.05, 4.69) is 10.2 Å². The molecule has 16 heavy (non-hydrogen) atoms. The Hall–Kier alpha value is -1.30. The van der Waals surface area contributed by atoms with Gasteiger partial charge in [-0.1, -0.05) is 11.8 Å². The number of hydrogen-bond donors (Lipinski definition) is 1. The van der Waals surface area contributed by atoms with Gasteiger partial charge in [0.2, 0.25) is 0 Å². The minimum Gasteiger partial charge on any atom is -0.295 e. The number of H-pyrrole nitrogens is 1. The monoisotopic (exact) mass is 239 g/mol. The van der Waals surface area contributed by atoms with E-state index in [9.17, 15) is 9.59 Å². The minimum atomic E-state index is -0.206. The Morgan fingerprint density at radius 3 is 2.75 bits per heavy atom. The van der Waals surface area contributed by atoms with Crippen LogP contribution in [0.1, 0.15) is 32.7 Å². The quantitative estimate of drug-likeness (QED) is 0.867. The summed E-state index contributed by atoms with van der Waals surface area (Å²) in [5.74, 6) is 0.150. The molecule has 0 radical (unpaired) electrons. The van der Waals surface area contributed by atoms with Crippen LogP contribution in [0.25, 0.3) is 0 Å². The van der Waals surface area contributed by atoms with Gasteiger partial charge in [-0.2, -0.15) is 0 Å². The standard InChI is InChI=1S/C10H13N3O2S/c1-6(2)13-9(15)11-12-10(13)16-8-4-3-7(14)5-8/h5-6H,3-4H2,1-2H3,(H,11,15). The number of ketones is 1. The van der Waals surface area contributed by atoms with E-state index in [1.165, 1.54) is 11.8 Å². The minimum absolute atomic E-state index is 0.0615. The van der Waals surface area contributed by atoms with Crippen LogP contribution >= 0.6 is 11.8 Å². The van der Waals surface area contributed by atoms with Gasteiger partial charge in [0.05, 0.1) is 0 Å². The fourth-order valence-corrected chi connectivity index (χ4v) is 2.70. The normalized spacial score (nSPS) is 15.9. The Labute approximate surface area is 96.9 Å². The van der Waals surface area contributed by atoms with Crippen molar-refractivity contribution in [3.8, 4) is 0 Å². The second kappa shape index (κ2) is 4.29. The zero-order valence-electron chi connectivity index (χ0n) is 9.19. The third kappa shape index (κ3) is 2.11. The summed E-state index contributed by atoms with van der Waals surface area (Å²) in [5.41, 5.74) is -0.206. The number of carbonyl (C=O) groups is 1. The van der Waals surface area contributed by atoms with Gasteiger partial charge in [-0.3, -0.25) is 9.36 Å². The van der Waals surface area contributed by atoms with E-state index < -0.39 is 0 Å². The summed E-state index contributed by atoms with van der Waals surface area (Å²) in [6, 6.07) is 0.0615. The second-order valence-corrected chi connectivity index (χ2v) is 5.05. The molecule has 1 aromatic heterocycles. The molecule has 0 aromatic carbocycles. The number of hydrogen-bond acceptors (Lipinski definition) is 4. The molecule has 1 aliphatic carbocycles. The molecule has 0 amide bonds. The summed E-state index contributed by atoms with van der Waals surface area (Å²) in [6.07, 6.45) is 2.95. The van der Waals surface area contributed by atoms with E-state index in [1.54, 1.807) is 10.6 Å². The first-order chi connectivity index (χ1) is 7.58. The molecule has 0 atom stereocenters. The molecule has 0 fully saturated rings. The Morgan fingerprint density at radius 1 is 1.44 bits per heavy atom. The summed E-state index contributed by atoms with van der Waals surface area (Å²) >= 11 is 1.39. The highest BCUT2D eigenvalue weighted by atomic mass is 32.2. The van der Waals surface area contributed by atoms with Crippen molar-refractivity contribution in [1.82, 2.24) is 14.8 Å². The Balaban J connectivity index is 2.25. The molecular weight excluding hydrogens is 226 g/mol. The average molecular weight is 239 g/mol. The molecule has 0 saturated carbocycles. The molecule has 0 aliphatic heterocycles. The van der Waals surface area contributed by atoms with E-state index in [4.69, 9.17) is 0 Å². The summed E-state index contributed by atoms with van der Waals surface area (Å²) in [7, 11) is 0. The van der Waals surface area contributed by atoms with E-state index in [0.717, 1.165) is 11.3 Å². The molecular formula is C10H13N3O2S. The molecule has 5 nitrogen and oxygen atoms in total. The lowest BCUT2D eigenvalue weighted by atomic mass is 10.3. The molecule has 6 heteroatoms. The number of carbonyl (C=O) groups excluding carboxylic acids is 1. The van der Waals surface area contributed by atoms with Crippen LogP contribution in [0.2, 0.25) is 0 Å². The first-order valence-electron chi connectivity index (χ1n) is 5.16. The van der Waals surface area contributed by atoms with E-state index in [-0.39, 0.29) is 17.5 Å². The van der Waals surface area contributed by atoms with Crippen LogP contribution in [-0.4, -0.2) is 20.5 Å². The van der Waals surface area contributed by atoms with Gasteiger partial charge in [-0.25, -0.2) is 9.89 Å². The third-order valence-electron chi connectivity index (χ3n) is 2.35. The van der Waals surface area contributed by atoms with Crippen molar-refractivity contribution in [3.05, 3.63) is 21.5 Å². The fourth-order valence-electron chi connectivity index (χ4n) is 1.59. The largest absolute Gasteiger partial charge is 0.344 e. The van der Waals surface area contributed by atoms with E-state index in [1.807, 2.05) is 13.8 Å². The lowest BCUT2D eigenvalue weighted by molar-refractivity contribution is -0.114. The van der Waals surface area contributed by atoms with Crippen LogP contribution in [0, 0.1) is 0 Å². The Morgan fingerprint density at radius 2 is 2.19 bits per heavy atom. The maximum Gasteiger partial charge on any atom is 0.344 e. The van der Waals surface area contributed by atoms with Crippen molar-refractivity contribution >= 4 is 17.5 Å². The summed E-state index contributed by atoms with van der Waals surface area (Å²) in [5, 5.41) is 7.02. The van der Waals surface area contributed by atoms with Crippen LogP contribution < -0.4 is 5.69 Å². The van der Waals surface area contributed by atoms with Crippen molar-refractivity contribution in [2.75, 3.05) is 0 Å².